The Morgan fingerprint density at radius 1 is 1.08 bits per heavy atom. The van der Waals surface area contributed by atoms with Crippen molar-refractivity contribution in [2.45, 2.75) is 46.3 Å². The summed E-state index contributed by atoms with van der Waals surface area (Å²) < 4.78 is 11.6. The monoisotopic (exact) mass is 341 g/mol. The minimum absolute atomic E-state index is 0.109. The van der Waals surface area contributed by atoms with Gasteiger partial charge in [0.05, 0.1) is 6.04 Å². The van der Waals surface area contributed by atoms with Crippen LogP contribution in [0.4, 0.5) is 0 Å². The Balaban J connectivity index is 1.85. The molecule has 25 heavy (non-hydrogen) atoms. The molecular weight excluding hydrogens is 314 g/mol. The van der Waals surface area contributed by atoms with Crippen LogP contribution < -0.4 is 14.8 Å². The van der Waals surface area contributed by atoms with Crippen LogP contribution in [0.15, 0.2) is 48.5 Å². The molecule has 4 nitrogen and oxygen atoms in total. The van der Waals surface area contributed by atoms with E-state index in [1.807, 2.05) is 76.2 Å². The van der Waals surface area contributed by atoms with Gasteiger partial charge in [0, 0.05) is 0 Å². The van der Waals surface area contributed by atoms with Crippen molar-refractivity contribution in [1.82, 2.24) is 5.32 Å². The molecule has 0 aliphatic heterocycles. The molecule has 2 rings (SSSR count). The summed E-state index contributed by atoms with van der Waals surface area (Å²) in [5.41, 5.74) is 2.24. The third kappa shape index (κ3) is 5.82. The molecule has 1 N–H and O–H groups in total. The number of carbonyl (C=O) groups excluding carboxylic acids is 1. The number of ether oxygens (including phenoxy) is 2. The maximum absolute atomic E-state index is 12.4. The van der Waals surface area contributed by atoms with Crippen molar-refractivity contribution in [3.05, 3.63) is 59.7 Å². The van der Waals surface area contributed by atoms with Crippen LogP contribution in [0.5, 0.6) is 11.5 Å². The first-order valence-electron chi connectivity index (χ1n) is 8.71. The third-order valence-corrected chi connectivity index (χ3v) is 3.93. The molecule has 4 heteroatoms. The molecule has 0 fully saturated rings. The Morgan fingerprint density at radius 2 is 1.76 bits per heavy atom. The molecule has 0 unspecified atom stereocenters. The van der Waals surface area contributed by atoms with Gasteiger partial charge in [-0.25, -0.2) is 0 Å². The zero-order chi connectivity index (χ0) is 18.2. The van der Waals surface area contributed by atoms with Gasteiger partial charge >= 0.3 is 0 Å². The van der Waals surface area contributed by atoms with E-state index in [1.54, 1.807) is 0 Å². The zero-order valence-corrected chi connectivity index (χ0v) is 15.4. The molecule has 2 aromatic carbocycles. The number of hydrogen-bond donors (Lipinski definition) is 1. The number of nitrogens with one attached hydrogen (secondary N) is 1. The molecule has 0 heterocycles. The van der Waals surface area contributed by atoms with Crippen LogP contribution in [-0.4, -0.2) is 24.7 Å². The average molecular weight is 341 g/mol. The SMILES string of the molecule is CC[C@@H](Oc1ccc(C)cc1)C(=O)N[C@H](C)COc1ccccc1C. The number of rotatable bonds is 8. The molecule has 0 spiro atoms. The predicted molar refractivity (Wildman–Crippen MR) is 100 cm³/mol. The van der Waals surface area contributed by atoms with E-state index < -0.39 is 6.10 Å². The second kappa shape index (κ2) is 9.11. The average Bonchev–Trinajstić information content (AvgIpc) is 2.60. The van der Waals surface area contributed by atoms with Crippen LogP contribution in [0.2, 0.25) is 0 Å². The van der Waals surface area contributed by atoms with Gasteiger partial charge in [0.15, 0.2) is 6.10 Å². The maximum atomic E-state index is 12.4. The first-order valence-corrected chi connectivity index (χ1v) is 8.71. The Labute approximate surface area is 150 Å². The number of para-hydroxylation sites is 1. The molecule has 0 saturated heterocycles. The van der Waals surface area contributed by atoms with Crippen LogP contribution in [-0.2, 0) is 4.79 Å². The first kappa shape index (κ1) is 18.8. The number of aryl methyl sites for hydroxylation is 2. The van der Waals surface area contributed by atoms with Gasteiger partial charge in [0.25, 0.3) is 5.91 Å². The predicted octanol–water partition coefficient (Wildman–Crippen LogP) is 4.04. The molecule has 0 saturated carbocycles. The summed E-state index contributed by atoms with van der Waals surface area (Å²) in [6, 6.07) is 15.4. The highest BCUT2D eigenvalue weighted by atomic mass is 16.5. The van der Waals surface area contributed by atoms with Crippen LogP contribution >= 0.6 is 0 Å². The van der Waals surface area contributed by atoms with Gasteiger partial charge in [0.1, 0.15) is 18.1 Å². The van der Waals surface area contributed by atoms with Gasteiger partial charge < -0.3 is 14.8 Å². The lowest BCUT2D eigenvalue weighted by Gasteiger charge is -2.21. The second-order valence-corrected chi connectivity index (χ2v) is 6.31. The number of carbonyl (C=O) groups is 1. The molecule has 2 atom stereocenters. The van der Waals surface area contributed by atoms with Gasteiger partial charge in [0.2, 0.25) is 0 Å². The molecular formula is C21H27NO3. The normalized spacial score (nSPS) is 13.0. The maximum Gasteiger partial charge on any atom is 0.261 e. The minimum Gasteiger partial charge on any atom is -0.491 e. The fraction of sp³-hybridized carbons (Fsp3) is 0.381. The summed E-state index contributed by atoms with van der Waals surface area (Å²) in [4.78, 5) is 12.4. The highest BCUT2D eigenvalue weighted by Gasteiger charge is 2.20. The van der Waals surface area contributed by atoms with Gasteiger partial charge in [-0.05, 0) is 51.0 Å². The van der Waals surface area contributed by atoms with Gasteiger partial charge in [-0.3, -0.25) is 4.79 Å². The van der Waals surface area contributed by atoms with Crippen molar-refractivity contribution >= 4 is 5.91 Å². The van der Waals surface area contributed by atoms with Crippen molar-refractivity contribution in [2.24, 2.45) is 0 Å². The Bertz CT molecular complexity index is 682. The lowest BCUT2D eigenvalue weighted by atomic mass is 10.2. The van der Waals surface area contributed by atoms with Crippen molar-refractivity contribution in [2.75, 3.05) is 6.61 Å². The number of hydrogen-bond acceptors (Lipinski definition) is 3. The zero-order valence-electron chi connectivity index (χ0n) is 15.4. The van der Waals surface area contributed by atoms with E-state index in [1.165, 1.54) is 0 Å². The molecule has 0 aliphatic carbocycles. The highest BCUT2D eigenvalue weighted by Crippen LogP contribution is 2.17. The fourth-order valence-electron chi connectivity index (χ4n) is 2.41. The van der Waals surface area contributed by atoms with E-state index in [0.717, 1.165) is 16.9 Å². The first-order chi connectivity index (χ1) is 12.0. The van der Waals surface area contributed by atoms with E-state index in [4.69, 9.17) is 9.47 Å². The number of benzene rings is 2. The molecule has 0 bridgehead atoms. The van der Waals surface area contributed by atoms with E-state index >= 15 is 0 Å². The van der Waals surface area contributed by atoms with Gasteiger partial charge in [-0.15, -0.1) is 0 Å². The summed E-state index contributed by atoms with van der Waals surface area (Å²) in [7, 11) is 0. The van der Waals surface area contributed by atoms with Crippen molar-refractivity contribution in [3.8, 4) is 11.5 Å². The van der Waals surface area contributed by atoms with Gasteiger partial charge in [-0.2, -0.15) is 0 Å². The van der Waals surface area contributed by atoms with E-state index in [0.29, 0.717) is 18.8 Å². The van der Waals surface area contributed by atoms with Crippen LogP contribution in [0.1, 0.15) is 31.4 Å². The molecule has 0 aliphatic rings. The molecule has 0 aromatic heterocycles. The summed E-state index contributed by atoms with van der Waals surface area (Å²) in [6.07, 6.45) is 0.0917. The summed E-state index contributed by atoms with van der Waals surface area (Å²) in [5.74, 6) is 1.42. The van der Waals surface area contributed by atoms with Crippen LogP contribution in [0.25, 0.3) is 0 Å². The Kier molecular flexibility index (Phi) is 6.87. The fourth-order valence-corrected chi connectivity index (χ4v) is 2.41. The minimum atomic E-state index is -0.511. The summed E-state index contributed by atoms with van der Waals surface area (Å²) in [5, 5.41) is 2.96. The quantitative estimate of drug-likeness (QED) is 0.788. The smallest absolute Gasteiger partial charge is 0.261 e. The summed E-state index contributed by atoms with van der Waals surface area (Å²) >= 11 is 0. The second-order valence-electron chi connectivity index (χ2n) is 6.31. The standard InChI is InChI=1S/C21H27NO3/c1-5-19(25-18-12-10-15(2)11-13-18)21(23)22-17(4)14-24-20-9-7-6-8-16(20)3/h6-13,17,19H,5,14H2,1-4H3,(H,22,23)/t17-,19-/m1/s1. The molecule has 1 amide bonds. The topological polar surface area (TPSA) is 47.6 Å². The Hall–Kier alpha value is -2.49. The molecule has 2 aromatic rings. The van der Waals surface area contributed by atoms with Crippen LogP contribution in [0.3, 0.4) is 0 Å². The number of amides is 1. The summed E-state index contributed by atoms with van der Waals surface area (Å²) in [6.45, 7) is 8.30. The lowest BCUT2D eigenvalue weighted by Crippen LogP contribution is -2.44. The third-order valence-electron chi connectivity index (χ3n) is 3.93. The van der Waals surface area contributed by atoms with E-state index in [-0.39, 0.29) is 11.9 Å². The van der Waals surface area contributed by atoms with Crippen molar-refractivity contribution in [1.29, 1.82) is 0 Å². The van der Waals surface area contributed by atoms with E-state index in [2.05, 4.69) is 5.32 Å². The van der Waals surface area contributed by atoms with E-state index in [9.17, 15) is 4.79 Å². The van der Waals surface area contributed by atoms with Crippen molar-refractivity contribution < 1.29 is 14.3 Å². The largest absolute Gasteiger partial charge is 0.491 e. The molecule has 134 valence electrons. The lowest BCUT2D eigenvalue weighted by molar-refractivity contribution is -0.128. The van der Waals surface area contributed by atoms with Crippen LogP contribution in [0, 0.1) is 13.8 Å². The molecule has 0 radical (unpaired) electrons. The van der Waals surface area contributed by atoms with Crippen molar-refractivity contribution in [3.63, 3.8) is 0 Å². The highest BCUT2D eigenvalue weighted by molar-refractivity contribution is 5.81. The Morgan fingerprint density at radius 3 is 2.40 bits per heavy atom. The van der Waals surface area contributed by atoms with Gasteiger partial charge in [-0.1, -0.05) is 42.8 Å².